The summed E-state index contributed by atoms with van der Waals surface area (Å²) in [7, 11) is 0. The van der Waals surface area contributed by atoms with Crippen LogP contribution in [0.15, 0.2) is 66.3 Å². The topological polar surface area (TPSA) is 0 Å². The molecule has 0 heterocycles. The summed E-state index contributed by atoms with van der Waals surface area (Å²) in [5, 5.41) is 0. The van der Waals surface area contributed by atoms with E-state index in [1.165, 1.54) is 27.8 Å². The maximum absolute atomic E-state index is 3.45. The second-order valence-electron chi connectivity index (χ2n) is 5.47. The minimum Gasteiger partial charge on any atom is -0.335 e. The summed E-state index contributed by atoms with van der Waals surface area (Å²) in [6.45, 7) is 4.00. The van der Waals surface area contributed by atoms with Crippen molar-refractivity contribution in [2.45, 2.75) is 26.2 Å². The van der Waals surface area contributed by atoms with Gasteiger partial charge in [-0.1, -0.05) is 53.6 Å². The Labute approximate surface area is 153 Å². The Hall–Kier alpha value is -1.20. The number of benzene rings is 2. The van der Waals surface area contributed by atoms with Crippen molar-refractivity contribution in [1.82, 2.24) is 0 Å². The zero-order chi connectivity index (χ0) is 14.7. The van der Waals surface area contributed by atoms with Gasteiger partial charge in [-0.15, -0.1) is 11.1 Å². The molecule has 2 aromatic carbocycles. The van der Waals surface area contributed by atoms with E-state index in [4.69, 9.17) is 0 Å². The zero-order valence-corrected chi connectivity index (χ0v) is 15.6. The van der Waals surface area contributed by atoms with Gasteiger partial charge >= 0.3 is 26.2 Å². The number of allylic oxidation sites excluding steroid dienone is 4. The van der Waals surface area contributed by atoms with E-state index in [-0.39, 0.29) is 26.2 Å². The Morgan fingerprint density at radius 2 is 1.77 bits per heavy atom. The third-order valence-electron chi connectivity index (χ3n) is 3.91. The van der Waals surface area contributed by atoms with Gasteiger partial charge in [-0.3, -0.25) is 0 Å². The first-order valence-corrected chi connectivity index (χ1v) is 7.56. The molecule has 0 fully saturated rings. The number of hydrogen-bond acceptors (Lipinski definition) is 0. The van der Waals surface area contributed by atoms with Crippen LogP contribution in [-0.4, -0.2) is 0 Å². The van der Waals surface area contributed by atoms with E-state index in [1.54, 1.807) is 0 Å². The van der Waals surface area contributed by atoms with Crippen LogP contribution in [0.25, 0.3) is 11.1 Å². The predicted molar refractivity (Wildman–Crippen MR) is 90.0 cm³/mol. The molecule has 0 aromatic heterocycles. The van der Waals surface area contributed by atoms with Crippen LogP contribution >= 0.6 is 0 Å². The molecule has 1 heteroatoms. The monoisotopic (exact) mass is 362 g/mol. The zero-order valence-electron chi connectivity index (χ0n) is 13.1. The second-order valence-corrected chi connectivity index (χ2v) is 5.47. The van der Waals surface area contributed by atoms with Crippen LogP contribution in [0.4, 0.5) is 0 Å². The summed E-state index contributed by atoms with van der Waals surface area (Å²) < 4.78 is 0. The molecule has 22 heavy (non-hydrogen) atoms. The molecule has 1 unspecified atom stereocenters. The van der Waals surface area contributed by atoms with E-state index in [2.05, 4.69) is 60.7 Å². The van der Waals surface area contributed by atoms with Crippen LogP contribution in [0.2, 0.25) is 0 Å². The van der Waals surface area contributed by atoms with Crippen molar-refractivity contribution in [2.24, 2.45) is 0 Å². The predicted octanol–water partition coefficient (Wildman–Crippen LogP) is 5.71. The molecule has 0 N–H and O–H groups in total. The van der Waals surface area contributed by atoms with Crippen LogP contribution in [-0.2, 0) is 26.2 Å². The summed E-state index contributed by atoms with van der Waals surface area (Å²) in [5.74, 6) is 0.410. The smallest absolute Gasteiger partial charge is 0.335 e. The van der Waals surface area contributed by atoms with Gasteiger partial charge in [-0.05, 0) is 12.0 Å². The molecule has 0 saturated carbocycles. The summed E-state index contributed by atoms with van der Waals surface area (Å²) in [6.07, 6.45) is 9.73. The summed E-state index contributed by atoms with van der Waals surface area (Å²) >= 11 is 0. The van der Waals surface area contributed by atoms with E-state index < -0.39 is 0 Å². The summed E-state index contributed by atoms with van der Waals surface area (Å²) in [6, 6.07) is 18.5. The van der Waals surface area contributed by atoms with E-state index in [0.29, 0.717) is 5.92 Å². The van der Waals surface area contributed by atoms with Crippen LogP contribution in [0.5, 0.6) is 0 Å². The SMILES string of the molecule is C[CH-]C.[Zr+2].[c-]1cccc2c1C(C1=CC=CC1)c1ccccc1-2. The molecular formula is C21H20Zr. The van der Waals surface area contributed by atoms with Crippen LogP contribution < -0.4 is 0 Å². The molecule has 0 nitrogen and oxygen atoms in total. The Balaban J connectivity index is 0.000000411. The Morgan fingerprint density at radius 3 is 2.50 bits per heavy atom. The average Bonchev–Trinajstić information content (AvgIpc) is 3.13. The molecule has 0 spiro atoms. The van der Waals surface area contributed by atoms with Crippen molar-refractivity contribution in [2.75, 3.05) is 0 Å². The largest absolute Gasteiger partial charge is 2.00 e. The molecular weight excluding hydrogens is 343 g/mol. The van der Waals surface area contributed by atoms with Gasteiger partial charge in [-0.25, -0.2) is 0 Å². The molecule has 108 valence electrons. The Morgan fingerprint density at radius 1 is 1.05 bits per heavy atom. The van der Waals surface area contributed by atoms with Crippen molar-refractivity contribution < 1.29 is 26.2 Å². The molecule has 0 bridgehead atoms. The van der Waals surface area contributed by atoms with Gasteiger partial charge < -0.3 is 6.42 Å². The minimum absolute atomic E-state index is 0. The maximum atomic E-state index is 3.45. The van der Waals surface area contributed by atoms with Crippen molar-refractivity contribution in [3.63, 3.8) is 0 Å². The first kappa shape index (κ1) is 17.2. The van der Waals surface area contributed by atoms with E-state index in [1.807, 2.05) is 26.3 Å². The normalized spacial score (nSPS) is 16.8. The van der Waals surface area contributed by atoms with Gasteiger partial charge in [0.15, 0.2) is 0 Å². The van der Waals surface area contributed by atoms with Crippen LogP contribution in [0, 0.1) is 12.5 Å². The van der Waals surface area contributed by atoms with Gasteiger partial charge in [0, 0.05) is 5.92 Å². The molecule has 0 radical (unpaired) electrons. The van der Waals surface area contributed by atoms with Gasteiger partial charge in [0.25, 0.3) is 0 Å². The first-order chi connectivity index (χ1) is 10.4. The van der Waals surface area contributed by atoms with Crippen LogP contribution in [0.1, 0.15) is 37.3 Å². The molecule has 2 aliphatic carbocycles. The molecule has 4 rings (SSSR count). The third kappa shape index (κ3) is 3.11. The second kappa shape index (κ2) is 7.88. The van der Waals surface area contributed by atoms with Gasteiger partial charge in [0.2, 0.25) is 0 Å². The maximum Gasteiger partial charge on any atom is 2.00 e. The van der Waals surface area contributed by atoms with Crippen molar-refractivity contribution in [1.29, 1.82) is 0 Å². The molecule has 2 aliphatic rings. The van der Waals surface area contributed by atoms with E-state index in [9.17, 15) is 0 Å². The van der Waals surface area contributed by atoms with E-state index in [0.717, 1.165) is 6.42 Å². The average molecular weight is 364 g/mol. The first-order valence-electron chi connectivity index (χ1n) is 7.56. The minimum atomic E-state index is 0. The quantitative estimate of drug-likeness (QED) is 0.569. The molecule has 2 aromatic rings. The standard InChI is InChI=1S/C18H13.C3H7.Zr/c1-2-8-13(7-1)18-16-11-5-3-9-14(16)15-10-4-6-12-17(15)18;1-3-2;/h1-7,9-11,18H,8H2;3H,1-2H3;/q2*-1;+2. The fourth-order valence-electron chi connectivity index (χ4n) is 3.14. The fourth-order valence-corrected chi connectivity index (χ4v) is 3.14. The molecule has 0 saturated heterocycles. The van der Waals surface area contributed by atoms with Crippen molar-refractivity contribution >= 4 is 0 Å². The van der Waals surface area contributed by atoms with Crippen molar-refractivity contribution in [3.05, 3.63) is 89.9 Å². The molecule has 0 aliphatic heterocycles. The summed E-state index contributed by atoms with van der Waals surface area (Å²) in [4.78, 5) is 0. The fraction of sp³-hybridized carbons (Fsp3) is 0.190. The molecule has 0 amide bonds. The van der Waals surface area contributed by atoms with E-state index >= 15 is 0 Å². The van der Waals surface area contributed by atoms with Crippen molar-refractivity contribution in [3.8, 4) is 11.1 Å². The number of hydrogen-bond donors (Lipinski definition) is 0. The van der Waals surface area contributed by atoms with Crippen LogP contribution in [0.3, 0.4) is 0 Å². The van der Waals surface area contributed by atoms with Gasteiger partial charge in [0.05, 0.1) is 0 Å². The van der Waals surface area contributed by atoms with Gasteiger partial charge in [-0.2, -0.15) is 38.1 Å². The summed E-state index contributed by atoms with van der Waals surface area (Å²) in [5.41, 5.74) is 7.00. The number of fused-ring (bicyclic) bond motifs is 3. The Bertz CT molecular complexity index is 649. The molecule has 1 atom stereocenters. The number of rotatable bonds is 1. The Kier molecular flexibility index (Phi) is 6.15. The van der Waals surface area contributed by atoms with Gasteiger partial charge in [0.1, 0.15) is 0 Å². The third-order valence-corrected chi connectivity index (χ3v) is 3.91.